The summed E-state index contributed by atoms with van der Waals surface area (Å²) < 4.78 is 80.5. The van der Waals surface area contributed by atoms with Crippen LogP contribution < -0.4 is 0 Å². The maximum Gasteiger partial charge on any atom is 0.136 e. The van der Waals surface area contributed by atoms with Gasteiger partial charge in [0.1, 0.15) is 11.2 Å². The third kappa shape index (κ3) is 4.58. The molecule has 246 valence electrons. The molecule has 0 N–H and O–H groups in total. The largest absolute Gasteiger partial charge is 0.456 e. The van der Waals surface area contributed by atoms with Crippen molar-refractivity contribution in [2.75, 3.05) is 0 Å². The van der Waals surface area contributed by atoms with Crippen LogP contribution in [0.3, 0.4) is 0 Å². The molecule has 1 aromatic heterocycles. The molecule has 1 nitrogen and oxygen atoms in total. The zero-order valence-electron chi connectivity index (χ0n) is 36.3. The Morgan fingerprint density at radius 3 is 1.66 bits per heavy atom. The normalized spacial score (nSPS) is 13.9. The second-order valence-electron chi connectivity index (χ2n) is 13.3. The molecule has 0 amide bonds. The summed E-state index contributed by atoms with van der Waals surface area (Å²) in [4.78, 5) is 0. The Bertz CT molecular complexity index is 3610. The molecule has 0 atom stereocenters. The summed E-state index contributed by atoms with van der Waals surface area (Å²) in [7, 11) is 0. The first-order valence-corrected chi connectivity index (χ1v) is 17.6. The Morgan fingerprint density at radius 2 is 0.906 bits per heavy atom. The molecular formula is C52H32O. The van der Waals surface area contributed by atoms with Crippen molar-refractivity contribution >= 4 is 65.0 Å². The lowest BCUT2D eigenvalue weighted by molar-refractivity contribution is 0.669. The number of fused-ring (bicyclic) bond motifs is 8. The molecule has 11 rings (SSSR count). The van der Waals surface area contributed by atoms with Crippen LogP contribution in [-0.4, -0.2) is 0 Å². The maximum atomic E-state index is 9.56. The lowest BCUT2D eigenvalue weighted by Crippen LogP contribution is -1.92. The van der Waals surface area contributed by atoms with E-state index in [-0.39, 0.29) is 45.7 Å². The molecule has 0 aliphatic heterocycles. The molecule has 0 radical (unpaired) electrons. The van der Waals surface area contributed by atoms with Gasteiger partial charge in [-0.25, -0.2) is 0 Å². The minimum absolute atomic E-state index is 0.171. The van der Waals surface area contributed by atoms with Gasteiger partial charge in [0.25, 0.3) is 0 Å². The highest BCUT2D eigenvalue weighted by atomic mass is 16.3. The van der Waals surface area contributed by atoms with Gasteiger partial charge in [-0.1, -0.05) is 176 Å². The van der Waals surface area contributed by atoms with Crippen LogP contribution in [-0.2, 0) is 0 Å². The van der Waals surface area contributed by atoms with Gasteiger partial charge in [0.05, 0.1) is 11.0 Å². The standard InChI is InChI=1S/C52H32O/c1-2-14-33(15-3-1)37-29-30-46(41-21-7-6-20-40(37)41)50-44-24-10-8-22-42(44)49(43-23-9-11-25-45(43)50)36-18-12-17-35(32-36)39-26-13-27-47-52(39)51-38-19-5-4-16-34(38)28-31-48(51)53-47/h1-32H/i8D,9D,10D,11D,22D,23D,24D,25D. The van der Waals surface area contributed by atoms with E-state index >= 15 is 0 Å². The molecule has 0 bridgehead atoms. The van der Waals surface area contributed by atoms with Gasteiger partial charge in [0.2, 0.25) is 0 Å². The van der Waals surface area contributed by atoms with Crippen molar-refractivity contribution < 1.29 is 15.4 Å². The number of hydrogen-bond donors (Lipinski definition) is 0. The van der Waals surface area contributed by atoms with Crippen LogP contribution in [0.1, 0.15) is 11.0 Å². The molecule has 0 aliphatic rings. The van der Waals surface area contributed by atoms with Crippen molar-refractivity contribution in [3.05, 3.63) is 194 Å². The molecule has 10 aromatic carbocycles. The Hall–Kier alpha value is -6.96. The molecule has 1 heterocycles. The second kappa shape index (κ2) is 11.8. The first-order valence-electron chi connectivity index (χ1n) is 21.6. The van der Waals surface area contributed by atoms with Crippen LogP contribution in [0.15, 0.2) is 198 Å². The van der Waals surface area contributed by atoms with Crippen molar-refractivity contribution in [3.63, 3.8) is 0 Å². The van der Waals surface area contributed by atoms with Gasteiger partial charge in [-0.3, -0.25) is 0 Å². The van der Waals surface area contributed by atoms with E-state index in [4.69, 9.17) is 9.90 Å². The van der Waals surface area contributed by atoms with E-state index < -0.39 is 24.2 Å². The lowest BCUT2D eigenvalue weighted by Gasteiger charge is -2.20. The summed E-state index contributed by atoms with van der Waals surface area (Å²) in [6, 6.07) is 44.4. The van der Waals surface area contributed by atoms with Crippen LogP contribution in [0, 0.1) is 0 Å². The number of rotatable bonds is 4. The van der Waals surface area contributed by atoms with Crippen LogP contribution in [0.5, 0.6) is 0 Å². The summed E-state index contributed by atoms with van der Waals surface area (Å²) in [5.74, 6) is 0. The number of hydrogen-bond acceptors (Lipinski definition) is 1. The van der Waals surface area contributed by atoms with Gasteiger partial charge >= 0.3 is 0 Å². The summed E-state index contributed by atoms with van der Waals surface area (Å²) in [6.45, 7) is 0. The van der Waals surface area contributed by atoms with Crippen molar-refractivity contribution in [2.45, 2.75) is 0 Å². The second-order valence-corrected chi connectivity index (χ2v) is 13.3. The van der Waals surface area contributed by atoms with Crippen molar-refractivity contribution in [3.8, 4) is 44.5 Å². The van der Waals surface area contributed by atoms with Gasteiger partial charge in [-0.05, 0) is 106 Å². The maximum absolute atomic E-state index is 9.56. The molecule has 0 saturated heterocycles. The van der Waals surface area contributed by atoms with Crippen LogP contribution in [0.25, 0.3) is 110 Å². The lowest BCUT2D eigenvalue weighted by atomic mass is 9.83. The van der Waals surface area contributed by atoms with E-state index in [0.717, 1.165) is 60.2 Å². The SMILES string of the molecule is [2H]c1c([2H])c([2H])c2c(-c3ccc(-c4ccccc4)c4ccccc34)c3c([2H])c([2H])c([2H])c([2H])c3c(-c3cccc(-c4cccc5oc6ccc7ccccc7c6c45)c3)c2c1[2H]. The minimum atomic E-state index is -0.438. The Morgan fingerprint density at radius 1 is 0.340 bits per heavy atom. The number of benzene rings is 10. The molecular weight excluding hydrogens is 641 g/mol. The predicted octanol–water partition coefficient (Wildman–Crippen LogP) is 14.9. The summed E-state index contributed by atoms with van der Waals surface area (Å²) in [6.07, 6.45) is 0. The quantitative estimate of drug-likeness (QED) is 0.169. The average molecular weight is 681 g/mol. The van der Waals surface area contributed by atoms with Gasteiger partial charge in [-0.2, -0.15) is 0 Å². The average Bonchev–Trinajstić information content (AvgIpc) is 3.70. The molecule has 11 aromatic rings. The van der Waals surface area contributed by atoms with Crippen LogP contribution in [0.4, 0.5) is 0 Å². The minimum Gasteiger partial charge on any atom is -0.456 e. The number of furan rings is 1. The van der Waals surface area contributed by atoms with Gasteiger partial charge in [0.15, 0.2) is 0 Å². The highest BCUT2D eigenvalue weighted by molar-refractivity contribution is 6.25. The predicted molar refractivity (Wildman–Crippen MR) is 225 cm³/mol. The van der Waals surface area contributed by atoms with Crippen LogP contribution >= 0.6 is 0 Å². The van der Waals surface area contributed by atoms with Gasteiger partial charge in [-0.15, -0.1) is 0 Å². The van der Waals surface area contributed by atoms with E-state index in [1.165, 1.54) is 0 Å². The fourth-order valence-corrected chi connectivity index (χ4v) is 8.24. The van der Waals surface area contributed by atoms with Crippen LogP contribution in [0.2, 0.25) is 0 Å². The first-order chi connectivity index (χ1) is 29.6. The fraction of sp³-hybridized carbons (Fsp3) is 0. The molecule has 0 aliphatic carbocycles. The molecule has 0 unspecified atom stereocenters. The van der Waals surface area contributed by atoms with Crippen molar-refractivity contribution in [2.24, 2.45) is 0 Å². The molecule has 0 saturated carbocycles. The van der Waals surface area contributed by atoms with E-state index in [9.17, 15) is 5.48 Å². The van der Waals surface area contributed by atoms with E-state index in [2.05, 4.69) is 12.1 Å². The fourth-order valence-electron chi connectivity index (χ4n) is 8.24. The van der Waals surface area contributed by atoms with E-state index in [1.54, 1.807) is 0 Å². The van der Waals surface area contributed by atoms with Gasteiger partial charge in [0, 0.05) is 10.8 Å². The highest BCUT2D eigenvalue weighted by Gasteiger charge is 2.20. The smallest absolute Gasteiger partial charge is 0.136 e. The summed E-state index contributed by atoms with van der Waals surface area (Å²) in [5.41, 5.74) is 6.84. The first kappa shape index (κ1) is 22.8. The molecule has 53 heavy (non-hydrogen) atoms. The molecule has 1 heteroatoms. The summed E-state index contributed by atoms with van der Waals surface area (Å²) >= 11 is 0. The monoisotopic (exact) mass is 680 g/mol. The van der Waals surface area contributed by atoms with Gasteiger partial charge < -0.3 is 4.42 Å². The zero-order valence-corrected chi connectivity index (χ0v) is 28.3. The third-order valence-corrected chi connectivity index (χ3v) is 10.5. The molecule has 0 fully saturated rings. The topological polar surface area (TPSA) is 13.1 Å². The Labute approximate surface area is 318 Å². The van der Waals surface area contributed by atoms with E-state index in [1.807, 2.05) is 133 Å². The van der Waals surface area contributed by atoms with Crippen molar-refractivity contribution in [1.82, 2.24) is 0 Å². The van der Waals surface area contributed by atoms with Crippen molar-refractivity contribution in [1.29, 1.82) is 0 Å². The molecule has 0 spiro atoms. The highest BCUT2D eigenvalue weighted by Crippen LogP contribution is 2.47. The third-order valence-electron chi connectivity index (χ3n) is 10.5. The Balaban J connectivity index is 1.29. The summed E-state index contributed by atoms with van der Waals surface area (Å²) in [5, 5.41) is 6.38. The zero-order chi connectivity index (χ0) is 41.8. The van der Waals surface area contributed by atoms with E-state index in [0.29, 0.717) is 27.8 Å². The Kier molecular flexibility index (Phi) is 5.07.